The van der Waals surface area contributed by atoms with Crippen molar-refractivity contribution in [1.82, 2.24) is 20.3 Å². The Kier molecular flexibility index (Phi) is 11.7. The lowest BCUT2D eigenvalue weighted by Gasteiger charge is -2.20. The van der Waals surface area contributed by atoms with Gasteiger partial charge in [0.15, 0.2) is 0 Å². The lowest BCUT2D eigenvalue weighted by molar-refractivity contribution is -0.121. The molecule has 1 atom stereocenters. The number of rotatable bonds is 17. The van der Waals surface area contributed by atoms with Crippen molar-refractivity contribution in [2.75, 3.05) is 13.2 Å². The molecule has 0 unspecified atom stereocenters. The van der Waals surface area contributed by atoms with Crippen molar-refractivity contribution in [3.05, 3.63) is 121 Å². The third-order valence-corrected chi connectivity index (χ3v) is 8.93. The molecule has 8 nitrogen and oxygen atoms in total. The molecule has 0 bridgehead atoms. The zero-order valence-electron chi connectivity index (χ0n) is 29.1. The van der Waals surface area contributed by atoms with Gasteiger partial charge in [-0.05, 0) is 71.0 Å². The second kappa shape index (κ2) is 16.9. The summed E-state index contributed by atoms with van der Waals surface area (Å²) >= 11 is 0. The number of hydrogen-bond acceptors (Lipinski definition) is 6. The van der Waals surface area contributed by atoms with Gasteiger partial charge in [-0.2, -0.15) is 0 Å². The highest BCUT2D eigenvalue weighted by molar-refractivity contribution is 6.09. The smallest absolute Gasteiger partial charge is 0.224 e. The van der Waals surface area contributed by atoms with Crippen LogP contribution in [0, 0.1) is 5.92 Å². The number of carbonyl (C=O) groups excluding carboxylic acids is 1. The molecule has 0 saturated heterocycles. The van der Waals surface area contributed by atoms with Crippen LogP contribution in [0.2, 0.25) is 0 Å². The lowest BCUT2D eigenvalue weighted by atomic mass is 9.92. The zero-order valence-corrected chi connectivity index (χ0v) is 29.1. The van der Waals surface area contributed by atoms with E-state index in [0.29, 0.717) is 37.7 Å². The minimum Gasteiger partial charge on any atom is -0.493 e. The van der Waals surface area contributed by atoms with E-state index in [1.807, 2.05) is 42.6 Å². The molecule has 1 heterocycles. The summed E-state index contributed by atoms with van der Waals surface area (Å²) in [6, 6.07) is 34.8. The van der Waals surface area contributed by atoms with Gasteiger partial charge in [-0.3, -0.25) is 9.48 Å². The second-order valence-electron chi connectivity index (χ2n) is 13.3. The quantitative estimate of drug-likeness (QED) is 0.0951. The normalized spacial score (nSPS) is 12.0. The molecule has 1 aromatic heterocycles. The molecule has 0 aliphatic rings. The van der Waals surface area contributed by atoms with Crippen LogP contribution < -0.4 is 20.5 Å². The maximum atomic E-state index is 12.9. The molecule has 0 saturated carbocycles. The fourth-order valence-electron chi connectivity index (χ4n) is 6.34. The van der Waals surface area contributed by atoms with E-state index < -0.39 is 0 Å². The molecule has 6 rings (SSSR count). The monoisotopic (exact) mass is 669 g/mol. The number of benzene rings is 5. The van der Waals surface area contributed by atoms with E-state index in [1.54, 1.807) is 4.68 Å². The van der Waals surface area contributed by atoms with Gasteiger partial charge in [0.2, 0.25) is 5.91 Å². The summed E-state index contributed by atoms with van der Waals surface area (Å²) in [6.45, 7) is 6.41. The number of nitrogens with two attached hydrogens (primary N) is 1. The van der Waals surface area contributed by atoms with Crippen LogP contribution in [0.3, 0.4) is 0 Å². The van der Waals surface area contributed by atoms with E-state index in [4.69, 9.17) is 15.2 Å². The molecule has 6 aromatic rings. The van der Waals surface area contributed by atoms with Gasteiger partial charge in [-0.25, -0.2) is 0 Å². The zero-order chi connectivity index (χ0) is 34.7. The minimum absolute atomic E-state index is 0.0116. The Morgan fingerprint density at radius 3 is 2.08 bits per heavy atom. The first kappa shape index (κ1) is 34.6. The molecular weight excluding hydrogens is 622 g/mol. The lowest BCUT2D eigenvalue weighted by Crippen LogP contribution is -2.39. The van der Waals surface area contributed by atoms with E-state index in [-0.39, 0.29) is 18.6 Å². The Bertz CT molecular complexity index is 2010. The predicted molar refractivity (Wildman–Crippen MR) is 201 cm³/mol. The number of ether oxygens (including phenoxy) is 2. The van der Waals surface area contributed by atoms with Crippen LogP contribution in [-0.2, 0) is 24.4 Å². The maximum Gasteiger partial charge on any atom is 0.224 e. The van der Waals surface area contributed by atoms with Gasteiger partial charge in [0.05, 0.1) is 25.8 Å². The number of carbonyl (C=O) groups is 1. The molecule has 50 heavy (non-hydrogen) atoms. The van der Waals surface area contributed by atoms with Gasteiger partial charge in [0.25, 0.3) is 0 Å². The van der Waals surface area contributed by atoms with Crippen LogP contribution in [0.25, 0.3) is 32.7 Å². The summed E-state index contributed by atoms with van der Waals surface area (Å²) in [5.41, 5.74) is 9.46. The summed E-state index contributed by atoms with van der Waals surface area (Å²) in [5.74, 6) is 2.11. The molecular formula is C42H47N5O3. The fraction of sp³-hybridized carbons (Fsp3) is 0.310. The summed E-state index contributed by atoms with van der Waals surface area (Å²) in [7, 11) is 0. The largest absolute Gasteiger partial charge is 0.493 e. The third-order valence-electron chi connectivity index (χ3n) is 8.93. The first-order valence-electron chi connectivity index (χ1n) is 17.7. The number of amides is 1. The first-order valence-corrected chi connectivity index (χ1v) is 17.7. The van der Waals surface area contributed by atoms with Crippen molar-refractivity contribution >= 4 is 27.5 Å². The van der Waals surface area contributed by atoms with Crippen LogP contribution in [0.4, 0.5) is 0 Å². The Labute approximate surface area is 294 Å². The van der Waals surface area contributed by atoms with Crippen LogP contribution in [-0.4, -0.2) is 40.1 Å². The number of nitrogens with zero attached hydrogens (tertiary/aromatic N) is 3. The van der Waals surface area contributed by atoms with Gasteiger partial charge in [0.1, 0.15) is 23.8 Å². The van der Waals surface area contributed by atoms with Crippen molar-refractivity contribution in [3.8, 4) is 22.6 Å². The molecule has 258 valence electrons. The highest BCUT2D eigenvalue weighted by atomic mass is 16.5. The van der Waals surface area contributed by atoms with Gasteiger partial charge >= 0.3 is 0 Å². The Morgan fingerprint density at radius 1 is 0.780 bits per heavy atom. The van der Waals surface area contributed by atoms with E-state index in [9.17, 15) is 4.79 Å². The van der Waals surface area contributed by atoms with Crippen LogP contribution in [0.15, 0.2) is 109 Å². The standard InChI is InChI=1S/C42H47N5O3/c1-30(2)23-25-49-38-21-19-32-14-6-8-17-36(32)41(38)42-37-18-9-7-15-33(37)20-22-39(42)50-29-35-28-47(46-45-35)27-34(16-10-11-24-43)44-40(48)26-31-12-4-3-5-13-31/h3-9,12-15,17-22,28,30,34H,10-11,16,23-27,29,43H2,1-2H3,(H,44,48)/t34-/m1/s1. The fourth-order valence-corrected chi connectivity index (χ4v) is 6.34. The number of hydrogen-bond donors (Lipinski definition) is 2. The molecule has 3 N–H and O–H groups in total. The van der Waals surface area contributed by atoms with Crippen molar-refractivity contribution < 1.29 is 14.3 Å². The number of nitrogens with one attached hydrogen (secondary N) is 1. The van der Waals surface area contributed by atoms with Crippen molar-refractivity contribution in [2.45, 2.75) is 65.1 Å². The summed E-state index contributed by atoms with van der Waals surface area (Å²) < 4.78 is 14.9. The molecule has 0 aliphatic carbocycles. The summed E-state index contributed by atoms with van der Waals surface area (Å²) in [4.78, 5) is 12.9. The number of aromatic nitrogens is 3. The molecule has 0 spiro atoms. The second-order valence-corrected chi connectivity index (χ2v) is 13.3. The Hall–Kier alpha value is -5.21. The third kappa shape index (κ3) is 8.87. The average molecular weight is 670 g/mol. The molecule has 0 aliphatic heterocycles. The Balaban J connectivity index is 1.25. The maximum absolute atomic E-state index is 12.9. The van der Waals surface area contributed by atoms with Crippen molar-refractivity contribution in [3.63, 3.8) is 0 Å². The first-order chi connectivity index (χ1) is 24.5. The van der Waals surface area contributed by atoms with E-state index in [2.05, 4.69) is 96.2 Å². The van der Waals surface area contributed by atoms with Crippen molar-refractivity contribution in [1.29, 1.82) is 0 Å². The Morgan fingerprint density at radius 2 is 1.42 bits per heavy atom. The average Bonchev–Trinajstić information content (AvgIpc) is 3.58. The minimum atomic E-state index is -0.0965. The molecule has 8 heteroatoms. The SMILES string of the molecule is CC(C)CCOc1ccc2ccccc2c1-c1c(OCc2cn(C[C@@H](CCCCN)NC(=O)Cc3ccccc3)nn2)ccc2ccccc12. The molecule has 1 amide bonds. The number of fused-ring (bicyclic) bond motifs is 2. The summed E-state index contributed by atoms with van der Waals surface area (Å²) in [6.07, 6.45) is 5.82. The molecule has 5 aromatic carbocycles. The molecule has 0 fully saturated rings. The molecule has 0 radical (unpaired) electrons. The topological polar surface area (TPSA) is 104 Å². The van der Waals surface area contributed by atoms with E-state index >= 15 is 0 Å². The van der Waals surface area contributed by atoms with Crippen LogP contribution in [0.5, 0.6) is 11.5 Å². The van der Waals surface area contributed by atoms with Gasteiger partial charge in [-0.1, -0.05) is 116 Å². The highest BCUT2D eigenvalue weighted by Gasteiger charge is 2.20. The van der Waals surface area contributed by atoms with E-state index in [0.717, 1.165) is 75.4 Å². The van der Waals surface area contributed by atoms with Gasteiger partial charge < -0.3 is 20.5 Å². The number of unbranched alkanes of at least 4 members (excludes halogenated alkanes) is 1. The van der Waals surface area contributed by atoms with Crippen molar-refractivity contribution in [2.24, 2.45) is 11.7 Å². The van der Waals surface area contributed by atoms with E-state index in [1.165, 1.54) is 0 Å². The highest BCUT2D eigenvalue weighted by Crippen LogP contribution is 2.45. The predicted octanol–water partition coefficient (Wildman–Crippen LogP) is 8.11. The summed E-state index contributed by atoms with van der Waals surface area (Å²) in [5, 5.41) is 16.5. The van der Waals surface area contributed by atoms with Crippen LogP contribution >= 0.6 is 0 Å². The van der Waals surface area contributed by atoms with Gasteiger partial charge in [0, 0.05) is 17.2 Å². The van der Waals surface area contributed by atoms with Gasteiger partial charge in [-0.15, -0.1) is 5.10 Å². The van der Waals surface area contributed by atoms with Crippen LogP contribution in [0.1, 0.15) is 50.8 Å².